The van der Waals surface area contributed by atoms with E-state index in [0.29, 0.717) is 13.1 Å². The molecule has 0 spiro atoms. The fourth-order valence-corrected chi connectivity index (χ4v) is 1.19. The summed E-state index contributed by atoms with van der Waals surface area (Å²) >= 11 is 0. The minimum atomic E-state index is -0.248. The van der Waals surface area contributed by atoms with Crippen LogP contribution in [0.1, 0.15) is 30.8 Å². The summed E-state index contributed by atoms with van der Waals surface area (Å²) in [4.78, 5) is 22.7. The van der Waals surface area contributed by atoms with Gasteiger partial charge in [0.15, 0.2) is 0 Å². The number of hydrogen-bond acceptors (Lipinski definition) is 3. The van der Waals surface area contributed by atoms with Gasteiger partial charge in [-0.25, -0.2) is 4.68 Å². The molecule has 0 atom stereocenters. The Hall–Kier alpha value is -1.65. The summed E-state index contributed by atoms with van der Waals surface area (Å²) in [5.74, 6) is -0.248. The maximum atomic E-state index is 11.4. The minimum Gasteiger partial charge on any atom is -0.351 e. The molecular weight excluding hydrogens is 194 g/mol. The molecule has 0 aliphatic carbocycles. The third-order valence-electron chi connectivity index (χ3n) is 1.87. The van der Waals surface area contributed by atoms with Crippen molar-refractivity contribution in [2.45, 2.75) is 26.8 Å². The summed E-state index contributed by atoms with van der Waals surface area (Å²) in [5, 5.41) is 6.61. The molecule has 1 heterocycles. The summed E-state index contributed by atoms with van der Waals surface area (Å²) in [5.41, 5.74) is 0.106. The molecule has 0 aliphatic rings. The molecule has 5 heteroatoms. The van der Waals surface area contributed by atoms with E-state index in [1.54, 1.807) is 0 Å². The molecule has 15 heavy (non-hydrogen) atoms. The van der Waals surface area contributed by atoms with Gasteiger partial charge in [-0.2, -0.15) is 5.10 Å². The highest BCUT2D eigenvalue weighted by Crippen LogP contribution is 1.91. The number of carbonyl (C=O) groups excluding carboxylic acids is 1. The van der Waals surface area contributed by atoms with Crippen molar-refractivity contribution in [2.75, 3.05) is 6.54 Å². The van der Waals surface area contributed by atoms with Crippen molar-refractivity contribution < 1.29 is 4.79 Å². The van der Waals surface area contributed by atoms with Crippen molar-refractivity contribution >= 4 is 5.91 Å². The van der Waals surface area contributed by atoms with Crippen molar-refractivity contribution in [3.05, 3.63) is 28.2 Å². The van der Waals surface area contributed by atoms with Gasteiger partial charge in [-0.05, 0) is 19.4 Å². The summed E-state index contributed by atoms with van der Waals surface area (Å²) in [6.45, 7) is 4.87. The molecule has 1 rings (SSSR count). The third kappa shape index (κ3) is 2.90. The van der Waals surface area contributed by atoms with E-state index in [1.807, 2.05) is 13.8 Å². The van der Waals surface area contributed by atoms with Crippen molar-refractivity contribution in [1.29, 1.82) is 0 Å². The Kier molecular flexibility index (Phi) is 4.03. The number of nitrogens with zero attached hydrogens (tertiary/aromatic N) is 2. The van der Waals surface area contributed by atoms with Crippen molar-refractivity contribution in [3.8, 4) is 0 Å². The number of carbonyl (C=O) groups is 1. The summed E-state index contributed by atoms with van der Waals surface area (Å²) in [7, 11) is 0. The molecule has 1 aromatic rings. The van der Waals surface area contributed by atoms with Crippen LogP contribution in [0.2, 0.25) is 0 Å². The standard InChI is InChI=1S/C10H15N3O2/c1-3-7-13-9(14)6-5-8(12-13)10(15)11-4-2/h5-6H,3-4,7H2,1-2H3,(H,11,15). The van der Waals surface area contributed by atoms with Crippen LogP contribution in [0.4, 0.5) is 0 Å². The predicted molar refractivity (Wildman–Crippen MR) is 56.8 cm³/mol. The fourth-order valence-electron chi connectivity index (χ4n) is 1.19. The first-order chi connectivity index (χ1) is 7.19. The second-order valence-corrected chi connectivity index (χ2v) is 3.14. The quantitative estimate of drug-likeness (QED) is 0.780. The van der Waals surface area contributed by atoms with Crippen LogP contribution in [0.25, 0.3) is 0 Å². The molecular formula is C10H15N3O2. The van der Waals surface area contributed by atoms with Gasteiger partial charge in [-0.1, -0.05) is 6.92 Å². The van der Waals surface area contributed by atoms with Gasteiger partial charge < -0.3 is 5.32 Å². The highest BCUT2D eigenvalue weighted by molar-refractivity contribution is 5.91. The lowest BCUT2D eigenvalue weighted by Gasteiger charge is -2.05. The second-order valence-electron chi connectivity index (χ2n) is 3.14. The largest absolute Gasteiger partial charge is 0.351 e. The number of rotatable bonds is 4. The van der Waals surface area contributed by atoms with Gasteiger partial charge in [-0.3, -0.25) is 9.59 Å². The van der Waals surface area contributed by atoms with Gasteiger partial charge in [0.25, 0.3) is 11.5 Å². The van der Waals surface area contributed by atoms with Crippen LogP contribution >= 0.6 is 0 Å². The highest BCUT2D eigenvalue weighted by atomic mass is 16.2. The molecule has 0 aliphatic heterocycles. The first kappa shape index (κ1) is 11.4. The van der Waals surface area contributed by atoms with Crippen LogP contribution in [0.15, 0.2) is 16.9 Å². The molecule has 0 bridgehead atoms. The molecule has 1 amide bonds. The Morgan fingerprint density at radius 3 is 2.80 bits per heavy atom. The average molecular weight is 209 g/mol. The fraction of sp³-hybridized carbons (Fsp3) is 0.500. The Balaban J connectivity index is 2.96. The molecule has 5 nitrogen and oxygen atoms in total. The molecule has 1 N–H and O–H groups in total. The monoisotopic (exact) mass is 209 g/mol. The summed E-state index contributed by atoms with van der Waals surface area (Å²) in [6, 6.07) is 2.81. The van der Waals surface area contributed by atoms with Gasteiger partial charge in [0, 0.05) is 19.2 Å². The predicted octanol–water partition coefficient (Wildman–Crippen LogP) is 0.403. The van der Waals surface area contributed by atoms with Gasteiger partial charge in [0.05, 0.1) is 0 Å². The maximum absolute atomic E-state index is 11.4. The van der Waals surface area contributed by atoms with Crippen LogP contribution in [0, 0.1) is 0 Å². The zero-order valence-electron chi connectivity index (χ0n) is 8.99. The Labute approximate surface area is 88.1 Å². The van der Waals surface area contributed by atoms with E-state index in [-0.39, 0.29) is 17.2 Å². The molecule has 0 fully saturated rings. The molecule has 0 aromatic carbocycles. The summed E-state index contributed by atoms with van der Waals surface area (Å²) in [6.07, 6.45) is 0.811. The van der Waals surface area contributed by atoms with Crippen molar-refractivity contribution in [2.24, 2.45) is 0 Å². The van der Waals surface area contributed by atoms with Gasteiger partial charge in [0.1, 0.15) is 5.69 Å². The Bertz CT molecular complexity index is 398. The maximum Gasteiger partial charge on any atom is 0.271 e. The van der Waals surface area contributed by atoms with Crippen LogP contribution in [-0.2, 0) is 6.54 Å². The van der Waals surface area contributed by atoms with Crippen LogP contribution in [0.5, 0.6) is 0 Å². The first-order valence-electron chi connectivity index (χ1n) is 5.05. The van der Waals surface area contributed by atoms with E-state index in [9.17, 15) is 9.59 Å². The van der Waals surface area contributed by atoms with Gasteiger partial charge in [0.2, 0.25) is 0 Å². The van der Waals surface area contributed by atoms with Crippen LogP contribution in [0.3, 0.4) is 0 Å². The highest BCUT2D eigenvalue weighted by Gasteiger charge is 2.07. The SMILES string of the molecule is CCCn1nc(C(=O)NCC)ccc1=O. The number of aromatic nitrogens is 2. The average Bonchev–Trinajstić information content (AvgIpc) is 2.22. The minimum absolute atomic E-state index is 0.176. The lowest BCUT2D eigenvalue weighted by atomic mass is 10.3. The second kappa shape index (κ2) is 5.29. The lowest BCUT2D eigenvalue weighted by Crippen LogP contribution is -2.29. The summed E-state index contributed by atoms with van der Waals surface area (Å²) < 4.78 is 1.31. The molecule has 0 unspecified atom stereocenters. The van der Waals surface area contributed by atoms with E-state index >= 15 is 0 Å². The van der Waals surface area contributed by atoms with Gasteiger partial charge >= 0.3 is 0 Å². The zero-order valence-corrected chi connectivity index (χ0v) is 8.99. The number of nitrogens with one attached hydrogen (secondary N) is 1. The van der Waals surface area contributed by atoms with E-state index < -0.39 is 0 Å². The van der Waals surface area contributed by atoms with E-state index in [0.717, 1.165) is 6.42 Å². The topological polar surface area (TPSA) is 64.0 Å². The molecule has 1 aromatic heterocycles. The normalized spacial score (nSPS) is 10.0. The van der Waals surface area contributed by atoms with E-state index in [4.69, 9.17) is 0 Å². The molecule has 0 radical (unpaired) electrons. The zero-order chi connectivity index (χ0) is 11.3. The van der Waals surface area contributed by atoms with Crippen LogP contribution in [-0.4, -0.2) is 22.2 Å². The van der Waals surface area contributed by atoms with Crippen LogP contribution < -0.4 is 10.9 Å². The third-order valence-corrected chi connectivity index (χ3v) is 1.87. The number of aryl methyl sites for hydroxylation is 1. The molecule has 0 saturated heterocycles. The number of hydrogen-bond donors (Lipinski definition) is 1. The Morgan fingerprint density at radius 1 is 1.47 bits per heavy atom. The molecule has 82 valence electrons. The van der Waals surface area contributed by atoms with Crippen molar-refractivity contribution in [3.63, 3.8) is 0 Å². The van der Waals surface area contributed by atoms with E-state index in [1.165, 1.54) is 16.8 Å². The number of amides is 1. The smallest absolute Gasteiger partial charge is 0.271 e. The van der Waals surface area contributed by atoms with Gasteiger partial charge in [-0.15, -0.1) is 0 Å². The van der Waals surface area contributed by atoms with Crippen molar-refractivity contribution in [1.82, 2.24) is 15.1 Å². The Morgan fingerprint density at radius 2 is 2.20 bits per heavy atom. The first-order valence-corrected chi connectivity index (χ1v) is 5.05. The molecule has 0 saturated carbocycles. The van der Waals surface area contributed by atoms with E-state index in [2.05, 4.69) is 10.4 Å². The lowest BCUT2D eigenvalue weighted by molar-refractivity contribution is 0.0948.